The maximum absolute atomic E-state index is 11.8. The van der Waals surface area contributed by atoms with Crippen molar-refractivity contribution in [2.24, 2.45) is 0 Å². The highest BCUT2D eigenvalue weighted by molar-refractivity contribution is 7.07. The SMILES string of the molecule is O=C(NCc1csc(=O)[nH]1)c1ccc(Cl)c([N+](=O)[O-])c1. The summed E-state index contributed by atoms with van der Waals surface area (Å²) in [7, 11) is 0. The van der Waals surface area contributed by atoms with E-state index in [1.807, 2.05) is 0 Å². The molecule has 0 aliphatic heterocycles. The van der Waals surface area contributed by atoms with Crippen LogP contribution in [0.15, 0.2) is 28.4 Å². The van der Waals surface area contributed by atoms with Gasteiger partial charge in [-0.1, -0.05) is 22.9 Å². The quantitative estimate of drug-likeness (QED) is 0.664. The van der Waals surface area contributed by atoms with Gasteiger partial charge in [0, 0.05) is 22.7 Å². The summed E-state index contributed by atoms with van der Waals surface area (Å²) in [6.07, 6.45) is 0. The number of rotatable bonds is 4. The summed E-state index contributed by atoms with van der Waals surface area (Å²) in [5.41, 5.74) is 0.360. The number of aromatic nitrogens is 1. The van der Waals surface area contributed by atoms with E-state index in [2.05, 4.69) is 10.3 Å². The molecule has 0 saturated carbocycles. The lowest BCUT2D eigenvalue weighted by Crippen LogP contribution is -2.23. The van der Waals surface area contributed by atoms with Gasteiger partial charge in [-0.15, -0.1) is 0 Å². The van der Waals surface area contributed by atoms with Gasteiger partial charge in [0.15, 0.2) is 0 Å². The van der Waals surface area contributed by atoms with Crippen LogP contribution in [-0.4, -0.2) is 15.8 Å². The first-order valence-corrected chi connectivity index (χ1v) is 6.62. The number of nitro benzene ring substituents is 1. The van der Waals surface area contributed by atoms with Crippen LogP contribution in [0.25, 0.3) is 0 Å². The first-order valence-electron chi connectivity index (χ1n) is 5.36. The number of carbonyl (C=O) groups excluding carboxylic acids is 1. The van der Waals surface area contributed by atoms with Crippen molar-refractivity contribution < 1.29 is 9.72 Å². The minimum atomic E-state index is -0.657. The summed E-state index contributed by atoms with van der Waals surface area (Å²) in [6.45, 7) is 0.133. The van der Waals surface area contributed by atoms with Crippen molar-refractivity contribution in [3.63, 3.8) is 0 Å². The standard InChI is InChI=1S/C11H8ClN3O4S/c12-8-2-1-6(3-9(8)15(18)19)10(16)13-4-7-5-20-11(17)14-7/h1-3,5H,4H2,(H,13,16)(H,14,17). The molecule has 1 amide bonds. The van der Waals surface area contributed by atoms with Gasteiger partial charge in [0.05, 0.1) is 11.5 Å². The molecular formula is C11H8ClN3O4S. The summed E-state index contributed by atoms with van der Waals surface area (Å²) in [4.78, 5) is 35.2. The fraction of sp³-hybridized carbons (Fsp3) is 0.0909. The Kier molecular flexibility index (Phi) is 4.16. The third-order valence-corrected chi connectivity index (χ3v) is 3.45. The number of nitrogens with one attached hydrogen (secondary N) is 2. The second-order valence-electron chi connectivity index (χ2n) is 3.78. The Bertz CT molecular complexity index is 724. The lowest BCUT2D eigenvalue weighted by Gasteiger charge is -2.04. The Labute approximate surface area is 121 Å². The molecule has 1 heterocycles. The molecule has 2 aromatic rings. The number of amides is 1. The van der Waals surface area contributed by atoms with Crippen LogP contribution in [0.4, 0.5) is 5.69 Å². The van der Waals surface area contributed by atoms with E-state index in [9.17, 15) is 19.7 Å². The van der Waals surface area contributed by atoms with E-state index >= 15 is 0 Å². The van der Waals surface area contributed by atoms with Crippen LogP contribution >= 0.6 is 22.9 Å². The molecule has 0 aliphatic carbocycles. The predicted octanol–water partition coefficient (Wildman–Crippen LogP) is 1.93. The van der Waals surface area contributed by atoms with Crippen LogP contribution < -0.4 is 10.2 Å². The lowest BCUT2D eigenvalue weighted by molar-refractivity contribution is -0.384. The van der Waals surface area contributed by atoms with Crippen molar-refractivity contribution in [1.29, 1.82) is 0 Å². The summed E-state index contributed by atoms with van der Waals surface area (Å²) in [5, 5.41) is 14.8. The van der Waals surface area contributed by atoms with Crippen LogP contribution in [0.5, 0.6) is 0 Å². The van der Waals surface area contributed by atoms with Crippen molar-refractivity contribution in [2.75, 3.05) is 0 Å². The van der Waals surface area contributed by atoms with Gasteiger partial charge >= 0.3 is 4.87 Å². The first-order chi connectivity index (χ1) is 9.47. The number of hydrogen-bond donors (Lipinski definition) is 2. The molecule has 0 bridgehead atoms. The topological polar surface area (TPSA) is 105 Å². The number of halogens is 1. The highest BCUT2D eigenvalue weighted by Crippen LogP contribution is 2.24. The van der Waals surface area contributed by atoms with Crippen molar-refractivity contribution >= 4 is 34.5 Å². The molecule has 0 fully saturated rings. The van der Waals surface area contributed by atoms with E-state index in [0.29, 0.717) is 5.69 Å². The number of benzene rings is 1. The molecule has 1 aromatic carbocycles. The zero-order valence-electron chi connectivity index (χ0n) is 9.88. The predicted molar refractivity (Wildman–Crippen MR) is 74.2 cm³/mol. The average molecular weight is 314 g/mol. The molecule has 9 heteroatoms. The zero-order chi connectivity index (χ0) is 14.7. The Morgan fingerprint density at radius 2 is 2.25 bits per heavy atom. The third kappa shape index (κ3) is 3.22. The summed E-state index contributed by atoms with van der Waals surface area (Å²) < 4.78 is 0. The van der Waals surface area contributed by atoms with Crippen LogP contribution in [-0.2, 0) is 6.54 Å². The van der Waals surface area contributed by atoms with Gasteiger partial charge in [-0.2, -0.15) is 0 Å². The largest absolute Gasteiger partial charge is 0.346 e. The monoisotopic (exact) mass is 313 g/mol. The van der Waals surface area contributed by atoms with Gasteiger partial charge in [-0.25, -0.2) is 0 Å². The summed E-state index contributed by atoms with van der Waals surface area (Å²) in [5.74, 6) is -0.489. The first kappa shape index (κ1) is 14.2. The fourth-order valence-electron chi connectivity index (χ4n) is 1.47. The highest BCUT2D eigenvalue weighted by Gasteiger charge is 2.16. The number of nitro groups is 1. The molecule has 0 radical (unpaired) electrons. The van der Waals surface area contributed by atoms with Gasteiger partial charge in [-0.05, 0) is 12.1 Å². The van der Waals surface area contributed by atoms with E-state index < -0.39 is 10.8 Å². The molecule has 0 atom stereocenters. The zero-order valence-corrected chi connectivity index (χ0v) is 11.5. The van der Waals surface area contributed by atoms with Crippen molar-refractivity contribution in [3.8, 4) is 0 Å². The van der Waals surface area contributed by atoms with Crippen LogP contribution in [0.2, 0.25) is 5.02 Å². The van der Waals surface area contributed by atoms with E-state index in [1.165, 1.54) is 12.1 Å². The Morgan fingerprint density at radius 3 is 2.85 bits per heavy atom. The Morgan fingerprint density at radius 1 is 1.50 bits per heavy atom. The molecule has 0 aliphatic rings. The Hall–Kier alpha value is -2.19. The minimum absolute atomic E-state index is 0.0336. The van der Waals surface area contributed by atoms with Gasteiger partial charge in [0.25, 0.3) is 11.6 Å². The van der Waals surface area contributed by atoms with E-state index in [4.69, 9.17) is 11.6 Å². The number of hydrogen-bond acceptors (Lipinski definition) is 5. The third-order valence-electron chi connectivity index (χ3n) is 2.42. The van der Waals surface area contributed by atoms with Gasteiger partial charge in [0.1, 0.15) is 5.02 Å². The highest BCUT2D eigenvalue weighted by atomic mass is 35.5. The van der Waals surface area contributed by atoms with Gasteiger partial charge in [0.2, 0.25) is 0 Å². The Balaban J connectivity index is 2.11. The van der Waals surface area contributed by atoms with Crippen LogP contribution in [0.3, 0.4) is 0 Å². The number of aromatic amines is 1. The maximum Gasteiger partial charge on any atom is 0.304 e. The number of thiazole rings is 1. The second kappa shape index (κ2) is 5.85. The molecule has 0 spiro atoms. The average Bonchev–Trinajstić information content (AvgIpc) is 2.82. The summed E-state index contributed by atoms with van der Waals surface area (Å²) in [6, 6.07) is 3.79. The maximum atomic E-state index is 11.8. The molecule has 0 saturated heterocycles. The molecule has 20 heavy (non-hydrogen) atoms. The van der Waals surface area contributed by atoms with Crippen molar-refractivity contribution in [3.05, 3.63) is 59.6 Å². The van der Waals surface area contributed by atoms with E-state index in [-0.39, 0.29) is 27.7 Å². The number of H-pyrrole nitrogens is 1. The summed E-state index contributed by atoms with van der Waals surface area (Å²) >= 11 is 6.65. The van der Waals surface area contributed by atoms with Crippen LogP contribution in [0.1, 0.15) is 16.1 Å². The number of carbonyl (C=O) groups is 1. The van der Waals surface area contributed by atoms with E-state index in [1.54, 1.807) is 5.38 Å². The fourth-order valence-corrected chi connectivity index (χ4v) is 2.24. The van der Waals surface area contributed by atoms with Gasteiger partial charge in [-0.3, -0.25) is 19.7 Å². The second-order valence-corrected chi connectivity index (χ2v) is 5.03. The normalized spacial score (nSPS) is 10.2. The molecule has 7 nitrogen and oxygen atoms in total. The molecule has 1 aromatic heterocycles. The van der Waals surface area contributed by atoms with Crippen molar-refractivity contribution in [2.45, 2.75) is 6.54 Å². The van der Waals surface area contributed by atoms with Crippen LogP contribution in [0, 0.1) is 10.1 Å². The number of nitrogens with zero attached hydrogens (tertiary/aromatic N) is 1. The molecule has 2 rings (SSSR count). The van der Waals surface area contributed by atoms with Gasteiger partial charge < -0.3 is 10.3 Å². The molecular weight excluding hydrogens is 306 g/mol. The lowest BCUT2D eigenvalue weighted by atomic mass is 10.2. The molecule has 2 N–H and O–H groups in total. The van der Waals surface area contributed by atoms with Crippen molar-refractivity contribution in [1.82, 2.24) is 10.3 Å². The molecule has 104 valence electrons. The van der Waals surface area contributed by atoms with E-state index in [0.717, 1.165) is 17.4 Å². The minimum Gasteiger partial charge on any atom is -0.346 e. The molecule has 0 unspecified atom stereocenters. The smallest absolute Gasteiger partial charge is 0.304 e.